The number of hydrogen-bond donors (Lipinski definition) is 14. The van der Waals surface area contributed by atoms with Crippen molar-refractivity contribution in [1.82, 2.24) is 0 Å². The standard InChI is InChI=1S/C53H88O22/c1-23-33(59)37(63)40(66)44(69-23)75-43-39(65)35(61)27(19-55)71-47(43)72-28-20-68-46(42(36(28)62)74-45-41(67)38(64)34(60)26(18-54)70-45)73-32-11-12-50(5)29(48(32,2)3)10-13-51(6)30(50)9-8-24-25-16-49(4,21-56)14-15-53(25,22-57)31(58)17-52(24,51)7/h8,23,25-47,54-67H,9-22H2,1-7H3/t23-,25+,26-,27-,28+,29+,30-,31-,32+,33-,34-,35-,36+,37+,38+,39+,40+,41-,42-,43-,44-,45+,46+,47+,49+,50+,51-,52-,53-/m1/s1. The molecule has 5 aliphatic carbocycles. The fourth-order valence-electron chi connectivity index (χ4n) is 16.4. The molecule has 0 bridgehead atoms. The van der Waals surface area contributed by atoms with Gasteiger partial charge in [-0.05, 0) is 110 Å². The first-order chi connectivity index (χ1) is 35.2. The summed E-state index contributed by atoms with van der Waals surface area (Å²) >= 11 is 0. The molecule has 0 aromatic heterocycles. The molecule has 0 aromatic carbocycles. The Morgan fingerprint density at radius 3 is 1.79 bits per heavy atom. The summed E-state index contributed by atoms with van der Waals surface area (Å²) in [6.45, 7) is 12.9. The van der Waals surface area contributed by atoms with E-state index in [1.165, 1.54) is 12.5 Å². The van der Waals surface area contributed by atoms with Crippen LogP contribution in [0.5, 0.6) is 0 Å². The molecule has 22 heteroatoms. The van der Waals surface area contributed by atoms with E-state index in [1.54, 1.807) is 0 Å². The van der Waals surface area contributed by atoms with Crippen LogP contribution < -0.4 is 0 Å². The Hall–Kier alpha value is -1.14. The maximum Gasteiger partial charge on any atom is 0.187 e. The Morgan fingerprint density at radius 2 is 1.16 bits per heavy atom. The minimum absolute atomic E-state index is 0.0415. The zero-order valence-corrected chi connectivity index (χ0v) is 44.4. The van der Waals surface area contributed by atoms with E-state index in [1.807, 2.05) is 0 Å². The highest BCUT2D eigenvalue weighted by molar-refractivity contribution is 5.35. The predicted octanol–water partition coefficient (Wildman–Crippen LogP) is -1.95. The van der Waals surface area contributed by atoms with E-state index in [9.17, 15) is 71.5 Å². The molecule has 4 heterocycles. The second-order valence-electron chi connectivity index (χ2n) is 25.8. The summed E-state index contributed by atoms with van der Waals surface area (Å²) in [6, 6.07) is 0. The van der Waals surface area contributed by atoms with Gasteiger partial charge in [0.1, 0.15) is 85.5 Å². The third-order valence-electron chi connectivity index (χ3n) is 21.4. The van der Waals surface area contributed by atoms with Crippen LogP contribution in [0.15, 0.2) is 11.6 Å². The topological polar surface area (TPSA) is 357 Å². The fourth-order valence-corrected chi connectivity index (χ4v) is 16.4. The third-order valence-corrected chi connectivity index (χ3v) is 21.4. The van der Waals surface area contributed by atoms with Gasteiger partial charge in [-0.2, -0.15) is 0 Å². The van der Waals surface area contributed by atoms with Crippen LogP contribution in [-0.2, 0) is 37.9 Å². The fraction of sp³-hybridized carbons (Fsp3) is 0.962. The molecular formula is C53H88O22. The van der Waals surface area contributed by atoms with E-state index in [4.69, 9.17) is 37.9 Å². The highest BCUT2D eigenvalue weighted by atomic mass is 16.8. The molecule has 4 saturated carbocycles. The van der Waals surface area contributed by atoms with Crippen molar-refractivity contribution in [3.8, 4) is 0 Å². The van der Waals surface area contributed by atoms with E-state index < -0.39 is 160 Å². The monoisotopic (exact) mass is 1080 g/mol. The van der Waals surface area contributed by atoms with Gasteiger partial charge in [-0.3, -0.25) is 0 Å². The van der Waals surface area contributed by atoms with Gasteiger partial charge in [0, 0.05) is 12.0 Å². The van der Waals surface area contributed by atoms with Gasteiger partial charge in [0.2, 0.25) is 0 Å². The van der Waals surface area contributed by atoms with E-state index in [-0.39, 0.29) is 52.6 Å². The quantitative estimate of drug-likeness (QED) is 0.0746. The van der Waals surface area contributed by atoms with Crippen molar-refractivity contribution in [3.05, 3.63) is 11.6 Å². The molecule has 432 valence electrons. The number of fused-ring (bicyclic) bond motifs is 7. The van der Waals surface area contributed by atoms with Crippen molar-refractivity contribution in [3.63, 3.8) is 0 Å². The van der Waals surface area contributed by atoms with Crippen molar-refractivity contribution in [2.45, 2.75) is 235 Å². The van der Waals surface area contributed by atoms with Gasteiger partial charge in [-0.25, -0.2) is 0 Å². The molecule has 29 atom stereocenters. The van der Waals surface area contributed by atoms with Gasteiger partial charge in [0.15, 0.2) is 25.2 Å². The van der Waals surface area contributed by atoms with Crippen molar-refractivity contribution < 1.29 is 109 Å². The molecule has 8 fully saturated rings. The van der Waals surface area contributed by atoms with E-state index in [0.717, 1.165) is 32.1 Å². The largest absolute Gasteiger partial charge is 0.396 e. The molecule has 4 aliphatic heterocycles. The zero-order valence-electron chi connectivity index (χ0n) is 44.4. The van der Waals surface area contributed by atoms with Crippen LogP contribution >= 0.6 is 0 Å². The van der Waals surface area contributed by atoms with E-state index >= 15 is 0 Å². The predicted molar refractivity (Wildman–Crippen MR) is 258 cm³/mol. The Morgan fingerprint density at radius 1 is 0.560 bits per heavy atom. The molecule has 9 aliphatic rings. The summed E-state index contributed by atoms with van der Waals surface area (Å²) in [5.74, 6) is 0.245. The lowest BCUT2D eigenvalue weighted by atomic mass is 9.33. The minimum Gasteiger partial charge on any atom is -0.396 e. The van der Waals surface area contributed by atoms with Gasteiger partial charge in [-0.1, -0.05) is 53.2 Å². The molecule has 9 rings (SSSR count). The molecule has 75 heavy (non-hydrogen) atoms. The van der Waals surface area contributed by atoms with Crippen LogP contribution in [0.3, 0.4) is 0 Å². The van der Waals surface area contributed by atoms with E-state index in [0.29, 0.717) is 25.7 Å². The lowest BCUT2D eigenvalue weighted by molar-refractivity contribution is -0.394. The normalized spacial score (nSPS) is 55.9. The van der Waals surface area contributed by atoms with Crippen LogP contribution in [0, 0.1) is 50.2 Å². The van der Waals surface area contributed by atoms with Crippen LogP contribution in [0.25, 0.3) is 0 Å². The summed E-state index contributed by atoms with van der Waals surface area (Å²) < 4.78 is 49.0. The Labute approximate surface area is 438 Å². The number of hydrogen-bond acceptors (Lipinski definition) is 22. The molecule has 0 aromatic rings. The van der Waals surface area contributed by atoms with Gasteiger partial charge in [0.25, 0.3) is 0 Å². The number of aliphatic hydroxyl groups is 14. The highest BCUT2D eigenvalue weighted by Crippen LogP contribution is 2.76. The molecule has 0 amide bonds. The number of rotatable bonds is 12. The first kappa shape index (κ1) is 58.5. The maximum atomic E-state index is 12.4. The number of aliphatic hydroxyl groups excluding tert-OH is 14. The second kappa shape index (κ2) is 21.3. The minimum atomic E-state index is -1.89. The first-order valence-electron chi connectivity index (χ1n) is 27.3. The molecular weight excluding hydrogens is 989 g/mol. The van der Waals surface area contributed by atoms with Crippen molar-refractivity contribution >= 4 is 0 Å². The molecule has 0 radical (unpaired) electrons. The average molecular weight is 1080 g/mol. The van der Waals surface area contributed by atoms with Crippen molar-refractivity contribution in [2.24, 2.45) is 50.2 Å². The smallest absolute Gasteiger partial charge is 0.187 e. The SMILES string of the molecule is C[C@H]1O[C@H](O[C@H]2[C@H](O[C@H]3CO[C@@H](O[C@H]4CC[C@]5(C)[C@H]6CC=C7[C@@H]8C[C@@](C)(CO)CC[C@]8(CO)[C@H](O)C[C@@]7(C)[C@]6(C)CC[C@H]5C4(C)C)[C@H](O[C@@H]4O[C@H](CO)[C@@H](O)[C@H](O)[C@H]4O)[C@H]3O)O[C@H](CO)[C@@H](O)[C@@H]2O)[C@@H](O)[C@@H](O)[C@@H]1O. The summed E-state index contributed by atoms with van der Waals surface area (Å²) in [7, 11) is 0. The van der Waals surface area contributed by atoms with Crippen LogP contribution in [0.2, 0.25) is 0 Å². The lowest BCUT2D eigenvalue weighted by Crippen LogP contribution is -2.68. The molecule has 22 nitrogen and oxygen atoms in total. The maximum absolute atomic E-state index is 12.4. The lowest BCUT2D eigenvalue weighted by Gasteiger charge is -2.72. The Kier molecular flexibility index (Phi) is 16.6. The first-order valence-corrected chi connectivity index (χ1v) is 27.3. The summed E-state index contributed by atoms with van der Waals surface area (Å²) in [4.78, 5) is 0. The van der Waals surface area contributed by atoms with Crippen LogP contribution in [0.1, 0.15) is 106 Å². The highest BCUT2D eigenvalue weighted by Gasteiger charge is 2.70. The van der Waals surface area contributed by atoms with Crippen molar-refractivity contribution in [2.75, 3.05) is 33.0 Å². The Bertz CT molecular complexity index is 2020. The second-order valence-corrected chi connectivity index (χ2v) is 25.8. The molecule has 4 saturated heterocycles. The van der Waals surface area contributed by atoms with Crippen LogP contribution in [-0.4, -0.2) is 233 Å². The molecule has 0 unspecified atom stereocenters. The molecule has 14 N–H and O–H groups in total. The Balaban J connectivity index is 0.973. The van der Waals surface area contributed by atoms with Gasteiger partial charge < -0.3 is 109 Å². The van der Waals surface area contributed by atoms with Gasteiger partial charge in [-0.15, -0.1) is 0 Å². The van der Waals surface area contributed by atoms with Gasteiger partial charge >= 0.3 is 0 Å². The summed E-state index contributed by atoms with van der Waals surface area (Å²) in [5.41, 5.74) is -1.01. The van der Waals surface area contributed by atoms with Crippen molar-refractivity contribution in [1.29, 1.82) is 0 Å². The number of allylic oxidation sites excluding steroid dienone is 2. The zero-order chi connectivity index (χ0) is 54.7. The van der Waals surface area contributed by atoms with Crippen LogP contribution in [0.4, 0.5) is 0 Å². The summed E-state index contributed by atoms with van der Waals surface area (Å²) in [6.07, 6.45) is -23.6. The number of ether oxygens (including phenoxy) is 8. The average Bonchev–Trinajstić information content (AvgIpc) is 3.37. The summed E-state index contributed by atoms with van der Waals surface area (Å²) in [5, 5.41) is 153. The van der Waals surface area contributed by atoms with Gasteiger partial charge in [0.05, 0.1) is 44.7 Å². The molecule has 0 spiro atoms. The third kappa shape index (κ3) is 9.44. The van der Waals surface area contributed by atoms with E-state index in [2.05, 4.69) is 47.6 Å².